The first-order chi connectivity index (χ1) is 6.35. The summed E-state index contributed by atoms with van der Waals surface area (Å²) in [5, 5.41) is 0. The van der Waals surface area contributed by atoms with Crippen LogP contribution in [0.1, 0.15) is 20.8 Å². The van der Waals surface area contributed by atoms with E-state index in [0.29, 0.717) is 20.2 Å². The van der Waals surface area contributed by atoms with Crippen molar-refractivity contribution in [3.63, 3.8) is 0 Å². The van der Waals surface area contributed by atoms with Crippen molar-refractivity contribution in [2.24, 2.45) is 0 Å². The fourth-order valence-corrected chi connectivity index (χ4v) is 0.773. The minimum Gasteiger partial charge on any atom is -0.366 e. The summed E-state index contributed by atoms with van der Waals surface area (Å²) >= 11 is 0. The molecule has 0 aliphatic carbocycles. The minimum atomic E-state index is 0.566. The van der Waals surface area contributed by atoms with Crippen LogP contribution >= 0.6 is 0 Å². The first kappa shape index (κ1) is 12.8. The van der Waals surface area contributed by atoms with Crippen molar-refractivity contribution in [3.05, 3.63) is 0 Å². The molecule has 0 aliphatic heterocycles. The zero-order valence-electron chi connectivity index (χ0n) is 8.91. The Balaban J connectivity index is 3.47. The van der Waals surface area contributed by atoms with Crippen LogP contribution in [0.3, 0.4) is 0 Å². The molecule has 0 bridgehead atoms. The molecule has 80 valence electrons. The molecule has 0 atom stereocenters. The molecule has 0 unspecified atom stereocenters. The van der Waals surface area contributed by atoms with Gasteiger partial charge in [-0.15, -0.1) is 0 Å². The van der Waals surface area contributed by atoms with E-state index in [4.69, 9.17) is 14.2 Å². The molecule has 0 aliphatic rings. The lowest BCUT2D eigenvalue weighted by molar-refractivity contribution is -0.0926. The fraction of sp³-hybridized carbons (Fsp3) is 1.00. The van der Waals surface area contributed by atoms with Gasteiger partial charge in [-0.25, -0.2) is 4.90 Å². The maximum absolute atomic E-state index is 5.26. The van der Waals surface area contributed by atoms with Crippen molar-refractivity contribution in [2.45, 2.75) is 20.8 Å². The van der Waals surface area contributed by atoms with Gasteiger partial charge in [0.25, 0.3) is 0 Å². The summed E-state index contributed by atoms with van der Waals surface area (Å²) in [4.78, 5) is 1.97. The molecule has 13 heavy (non-hydrogen) atoms. The molecule has 0 fully saturated rings. The largest absolute Gasteiger partial charge is 0.366 e. The highest BCUT2D eigenvalue weighted by Gasteiger charge is 2.03. The lowest BCUT2D eigenvalue weighted by Gasteiger charge is -2.20. The van der Waals surface area contributed by atoms with E-state index in [1.807, 2.05) is 25.7 Å². The van der Waals surface area contributed by atoms with Crippen molar-refractivity contribution in [1.29, 1.82) is 0 Å². The van der Waals surface area contributed by atoms with E-state index in [9.17, 15) is 0 Å². The SMILES string of the molecule is CCOCN(COCC)COCC. The Morgan fingerprint density at radius 1 is 0.692 bits per heavy atom. The maximum Gasteiger partial charge on any atom is 0.103 e. The van der Waals surface area contributed by atoms with Crippen molar-refractivity contribution >= 4 is 0 Å². The molecule has 0 N–H and O–H groups in total. The topological polar surface area (TPSA) is 30.9 Å². The average Bonchev–Trinajstić information content (AvgIpc) is 2.17. The molecule has 0 aromatic carbocycles. The average molecular weight is 191 g/mol. The summed E-state index contributed by atoms with van der Waals surface area (Å²) in [5.41, 5.74) is 0. The summed E-state index contributed by atoms with van der Waals surface area (Å²) in [6.45, 7) is 9.76. The predicted molar refractivity (Wildman–Crippen MR) is 51.3 cm³/mol. The highest BCUT2D eigenvalue weighted by molar-refractivity contribution is 4.37. The summed E-state index contributed by atoms with van der Waals surface area (Å²) in [6.07, 6.45) is 0. The number of hydrogen-bond donors (Lipinski definition) is 0. The summed E-state index contributed by atoms with van der Waals surface area (Å²) < 4.78 is 15.8. The van der Waals surface area contributed by atoms with Gasteiger partial charge in [0.15, 0.2) is 0 Å². The summed E-state index contributed by atoms with van der Waals surface area (Å²) in [5.74, 6) is 0. The van der Waals surface area contributed by atoms with Gasteiger partial charge in [-0.1, -0.05) is 0 Å². The zero-order valence-corrected chi connectivity index (χ0v) is 8.91. The molecule has 0 saturated carbocycles. The molecule has 0 aromatic rings. The molecule has 0 rings (SSSR count). The van der Waals surface area contributed by atoms with Crippen LogP contribution in [0, 0.1) is 0 Å². The van der Waals surface area contributed by atoms with Gasteiger partial charge >= 0.3 is 0 Å². The molecule has 0 aromatic heterocycles. The second-order valence-corrected chi connectivity index (χ2v) is 2.54. The molecule has 4 heteroatoms. The van der Waals surface area contributed by atoms with Crippen molar-refractivity contribution < 1.29 is 14.2 Å². The molecule has 0 amide bonds. The number of nitrogens with zero attached hydrogens (tertiary/aromatic N) is 1. The predicted octanol–water partition coefficient (Wildman–Crippen LogP) is 1.27. The van der Waals surface area contributed by atoms with Gasteiger partial charge in [-0.2, -0.15) is 0 Å². The highest BCUT2D eigenvalue weighted by atomic mass is 16.5. The van der Waals surface area contributed by atoms with Gasteiger partial charge in [0.05, 0.1) is 0 Å². The Morgan fingerprint density at radius 3 is 1.23 bits per heavy atom. The van der Waals surface area contributed by atoms with E-state index >= 15 is 0 Å². The van der Waals surface area contributed by atoms with Crippen LogP contribution in [0.4, 0.5) is 0 Å². The quantitative estimate of drug-likeness (QED) is 0.514. The van der Waals surface area contributed by atoms with Gasteiger partial charge in [0, 0.05) is 19.8 Å². The fourth-order valence-electron chi connectivity index (χ4n) is 0.773. The van der Waals surface area contributed by atoms with Gasteiger partial charge in [0.2, 0.25) is 0 Å². The molecular weight excluding hydrogens is 170 g/mol. The van der Waals surface area contributed by atoms with Crippen LogP contribution in [0.2, 0.25) is 0 Å². The van der Waals surface area contributed by atoms with Crippen molar-refractivity contribution in [2.75, 3.05) is 40.0 Å². The van der Waals surface area contributed by atoms with E-state index in [0.717, 1.165) is 19.8 Å². The van der Waals surface area contributed by atoms with Crippen LogP contribution in [0.15, 0.2) is 0 Å². The lowest BCUT2D eigenvalue weighted by Crippen LogP contribution is -2.31. The minimum absolute atomic E-state index is 0.566. The number of rotatable bonds is 9. The Hall–Kier alpha value is -0.160. The third kappa shape index (κ3) is 8.18. The monoisotopic (exact) mass is 191 g/mol. The van der Waals surface area contributed by atoms with E-state index in [1.165, 1.54) is 0 Å². The normalized spacial score (nSPS) is 11.1. The molecule has 0 radical (unpaired) electrons. The Morgan fingerprint density at radius 2 is 1.00 bits per heavy atom. The highest BCUT2D eigenvalue weighted by Crippen LogP contribution is 1.91. The van der Waals surface area contributed by atoms with E-state index in [2.05, 4.69) is 0 Å². The summed E-state index contributed by atoms with van der Waals surface area (Å²) in [6, 6.07) is 0. The third-order valence-corrected chi connectivity index (χ3v) is 1.43. The summed E-state index contributed by atoms with van der Waals surface area (Å²) in [7, 11) is 0. The Labute approximate surface area is 80.8 Å². The molecule has 0 spiro atoms. The third-order valence-electron chi connectivity index (χ3n) is 1.43. The molecule has 0 saturated heterocycles. The van der Waals surface area contributed by atoms with Crippen LogP contribution in [-0.4, -0.2) is 44.9 Å². The second-order valence-electron chi connectivity index (χ2n) is 2.54. The lowest BCUT2D eigenvalue weighted by atomic mass is 10.8. The standard InChI is InChI=1S/C9H21NO3/c1-4-11-7-10(8-12-5-2)9-13-6-3/h4-9H2,1-3H3. The van der Waals surface area contributed by atoms with E-state index in [1.54, 1.807) is 0 Å². The van der Waals surface area contributed by atoms with Crippen molar-refractivity contribution in [3.8, 4) is 0 Å². The van der Waals surface area contributed by atoms with Crippen molar-refractivity contribution in [1.82, 2.24) is 4.90 Å². The maximum atomic E-state index is 5.26. The first-order valence-electron chi connectivity index (χ1n) is 4.80. The van der Waals surface area contributed by atoms with Gasteiger partial charge in [-0.3, -0.25) is 0 Å². The van der Waals surface area contributed by atoms with Crippen LogP contribution < -0.4 is 0 Å². The van der Waals surface area contributed by atoms with Gasteiger partial charge in [-0.05, 0) is 20.8 Å². The molecular formula is C9H21NO3. The van der Waals surface area contributed by atoms with E-state index in [-0.39, 0.29) is 0 Å². The van der Waals surface area contributed by atoms with Crippen LogP contribution in [-0.2, 0) is 14.2 Å². The van der Waals surface area contributed by atoms with Gasteiger partial charge < -0.3 is 14.2 Å². The first-order valence-corrected chi connectivity index (χ1v) is 4.80. The second kappa shape index (κ2) is 9.92. The smallest absolute Gasteiger partial charge is 0.103 e. The van der Waals surface area contributed by atoms with Gasteiger partial charge in [0.1, 0.15) is 20.2 Å². The number of hydrogen-bond acceptors (Lipinski definition) is 4. The zero-order chi connectivity index (χ0) is 9.94. The molecule has 0 heterocycles. The molecule has 4 nitrogen and oxygen atoms in total. The Bertz CT molecular complexity index is 81.8. The number of ether oxygens (including phenoxy) is 3. The van der Waals surface area contributed by atoms with E-state index < -0.39 is 0 Å². The Kier molecular flexibility index (Phi) is 9.80. The van der Waals surface area contributed by atoms with Crippen LogP contribution in [0.25, 0.3) is 0 Å². The van der Waals surface area contributed by atoms with Crippen LogP contribution in [0.5, 0.6) is 0 Å².